The molecule has 1 aromatic rings. The Bertz CT molecular complexity index is 366. The summed E-state index contributed by atoms with van der Waals surface area (Å²) in [5, 5.41) is 0. The van der Waals surface area contributed by atoms with Crippen molar-refractivity contribution in [3.63, 3.8) is 0 Å². The van der Waals surface area contributed by atoms with Gasteiger partial charge in [-0.1, -0.05) is 6.92 Å². The molecule has 0 spiro atoms. The second-order valence-electron chi connectivity index (χ2n) is 2.98. The molecule has 1 rings (SSSR count). The standard InChI is InChI=1S/C10H13NO3/c1-4-7-6(2)11-9(8(7)5-12)10(13)14-3/h5,11H,4H2,1-3H3. The van der Waals surface area contributed by atoms with Crippen LogP contribution in [0.2, 0.25) is 0 Å². The number of esters is 1. The molecule has 0 unspecified atom stereocenters. The highest BCUT2D eigenvalue weighted by molar-refractivity contribution is 5.98. The van der Waals surface area contributed by atoms with E-state index in [-0.39, 0.29) is 5.69 Å². The average Bonchev–Trinajstić information content (AvgIpc) is 2.53. The summed E-state index contributed by atoms with van der Waals surface area (Å²) >= 11 is 0. The van der Waals surface area contributed by atoms with E-state index in [1.54, 1.807) is 0 Å². The number of methoxy groups -OCH3 is 1. The predicted octanol–water partition coefficient (Wildman–Crippen LogP) is 1.48. The van der Waals surface area contributed by atoms with Crippen molar-refractivity contribution >= 4 is 12.3 Å². The molecule has 0 saturated heterocycles. The molecule has 1 N–H and O–H groups in total. The number of aromatic nitrogens is 1. The molecule has 14 heavy (non-hydrogen) atoms. The lowest BCUT2D eigenvalue weighted by atomic mass is 10.1. The second-order valence-corrected chi connectivity index (χ2v) is 2.98. The van der Waals surface area contributed by atoms with Crippen LogP contribution in [0.1, 0.15) is 39.0 Å². The monoisotopic (exact) mass is 195 g/mol. The number of ether oxygens (including phenoxy) is 1. The first-order chi connectivity index (χ1) is 6.65. The van der Waals surface area contributed by atoms with Crippen LogP contribution in [0, 0.1) is 6.92 Å². The first-order valence-corrected chi connectivity index (χ1v) is 4.40. The molecule has 1 aromatic heterocycles. The van der Waals surface area contributed by atoms with Crippen molar-refractivity contribution in [1.29, 1.82) is 0 Å². The van der Waals surface area contributed by atoms with Crippen molar-refractivity contribution < 1.29 is 14.3 Å². The van der Waals surface area contributed by atoms with Gasteiger partial charge in [0.1, 0.15) is 5.69 Å². The van der Waals surface area contributed by atoms with Crippen LogP contribution in [0.4, 0.5) is 0 Å². The van der Waals surface area contributed by atoms with Gasteiger partial charge in [-0.2, -0.15) is 0 Å². The van der Waals surface area contributed by atoms with Gasteiger partial charge in [0.05, 0.1) is 12.7 Å². The van der Waals surface area contributed by atoms with Crippen molar-refractivity contribution in [3.05, 3.63) is 22.5 Å². The summed E-state index contributed by atoms with van der Waals surface area (Å²) in [6.45, 7) is 3.77. The van der Waals surface area contributed by atoms with Crippen LogP contribution < -0.4 is 0 Å². The molecular weight excluding hydrogens is 182 g/mol. The van der Waals surface area contributed by atoms with E-state index in [0.717, 1.165) is 11.3 Å². The number of nitrogens with one attached hydrogen (secondary N) is 1. The zero-order chi connectivity index (χ0) is 10.7. The van der Waals surface area contributed by atoms with Crippen LogP contribution in [0.3, 0.4) is 0 Å². The molecule has 0 aliphatic rings. The first kappa shape index (κ1) is 10.5. The summed E-state index contributed by atoms with van der Waals surface area (Å²) in [4.78, 5) is 24.9. The number of carbonyl (C=O) groups is 2. The van der Waals surface area contributed by atoms with Crippen LogP contribution in [-0.2, 0) is 11.2 Å². The van der Waals surface area contributed by atoms with Crippen molar-refractivity contribution in [2.45, 2.75) is 20.3 Å². The molecule has 0 aliphatic carbocycles. The van der Waals surface area contributed by atoms with Gasteiger partial charge in [0.15, 0.2) is 6.29 Å². The van der Waals surface area contributed by atoms with E-state index in [4.69, 9.17) is 0 Å². The van der Waals surface area contributed by atoms with Gasteiger partial charge in [0, 0.05) is 5.69 Å². The maximum Gasteiger partial charge on any atom is 0.355 e. The molecular formula is C10H13NO3. The Balaban J connectivity index is 3.30. The van der Waals surface area contributed by atoms with Gasteiger partial charge in [-0.05, 0) is 18.9 Å². The predicted molar refractivity (Wildman–Crippen MR) is 51.6 cm³/mol. The van der Waals surface area contributed by atoms with Gasteiger partial charge >= 0.3 is 5.97 Å². The van der Waals surface area contributed by atoms with Crippen LogP contribution >= 0.6 is 0 Å². The molecule has 0 aromatic carbocycles. The van der Waals surface area contributed by atoms with E-state index in [1.165, 1.54) is 7.11 Å². The number of hydrogen-bond donors (Lipinski definition) is 1. The van der Waals surface area contributed by atoms with Gasteiger partial charge in [-0.15, -0.1) is 0 Å². The average molecular weight is 195 g/mol. The Kier molecular flexibility index (Phi) is 3.06. The molecule has 0 amide bonds. The minimum absolute atomic E-state index is 0.247. The Morgan fingerprint density at radius 2 is 2.21 bits per heavy atom. The summed E-state index contributed by atoms with van der Waals surface area (Å²) < 4.78 is 4.56. The SMILES string of the molecule is CCc1c(C)[nH]c(C(=O)OC)c1C=O. The minimum Gasteiger partial charge on any atom is -0.464 e. The van der Waals surface area contributed by atoms with E-state index in [2.05, 4.69) is 9.72 Å². The Morgan fingerprint density at radius 3 is 2.64 bits per heavy atom. The Labute approximate surface area is 82.3 Å². The second kappa shape index (κ2) is 4.09. The summed E-state index contributed by atoms with van der Waals surface area (Å²) in [6, 6.07) is 0. The number of hydrogen-bond acceptors (Lipinski definition) is 3. The van der Waals surface area contributed by atoms with Crippen molar-refractivity contribution in [3.8, 4) is 0 Å². The topological polar surface area (TPSA) is 59.2 Å². The number of aldehydes is 1. The lowest BCUT2D eigenvalue weighted by Gasteiger charge is -1.97. The van der Waals surface area contributed by atoms with Crippen molar-refractivity contribution in [2.24, 2.45) is 0 Å². The molecule has 0 saturated carbocycles. The number of aromatic amines is 1. The van der Waals surface area contributed by atoms with E-state index < -0.39 is 5.97 Å². The fraction of sp³-hybridized carbons (Fsp3) is 0.400. The van der Waals surface area contributed by atoms with Gasteiger partial charge in [-0.25, -0.2) is 4.79 Å². The van der Waals surface area contributed by atoms with Crippen LogP contribution in [0.25, 0.3) is 0 Å². The van der Waals surface area contributed by atoms with E-state index >= 15 is 0 Å². The highest BCUT2D eigenvalue weighted by atomic mass is 16.5. The van der Waals surface area contributed by atoms with Crippen LogP contribution in [-0.4, -0.2) is 24.3 Å². The molecule has 1 heterocycles. The number of carbonyl (C=O) groups excluding carboxylic acids is 2. The molecule has 0 fully saturated rings. The highest BCUT2D eigenvalue weighted by Crippen LogP contribution is 2.18. The van der Waals surface area contributed by atoms with E-state index in [9.17, 15) is 9.59 Å². The van der Waals surface area contributed by atoms with Gasteiger partial charge in [0.25, 0.3) is 0 Å². The quantitative estimate of drug-likeness (QED) is 0.587. The normalized spacial score (nSPS) is 9.93. The summed E-state index contributed by atoms with van der Waals surface area (Å²) in [7, 11) is 1.29. The lowest BCUT2D eigenvalue weighted by molar-refractivity contribution is 0.0592. The largest absolute Gasteiger partial charge is 0.464 e. The number of H-pyrrole nitrogens is 1. The molecule has 4 heteroatoms. The van der Waals surface area contributed by atoms with Crippen molar-refractivity contribution in [2.75, 3.05) is 7.11 Å². The zero-order valence-electron chi connectivity index (χ0n) is 8.51. The Hall–Kier alpha value is -1.58. The number of aryl methyl sites for hydroxylation is 1. The van der Waals surface area contributed by atoms with E-state index in [1.807, 2.05) is 13.8 Å². The van der Waals surface area contributed by atoms with Gasteiger partial charge < -0.3 is 9.72 Å². The molecule has 4 nitrogen and oxygen atoms in total. The minimum atomic E-state index is -0.505. The maximum atomic E-state index is 11.3. The molecule has 0 atom stereocenters. The van der Waals surface area contributed by atoms with Gasteiger partial charge in [0.2, 0.25) is 0 Å². The fourth-order valence-electron chi connectivity index (χ4n) is 1.53. The smallest absolute Gasteiger partial charge is 0.355 e. The third kappa shape index (κ3) is 1.55. The molecule has 0 radical (unpaired) electrons. The third-order valence-electron chi connectivity index (χ3n) is 2.22. The van der Waals surface area contributed by atoms with E-state index in [0.29, 0.717) is 18.3 Å². The zero-order valence-corrected chi connectivity index (χ0v) is 8.51. The Morgan fingerprint density at radius 1 is 1.57 bits per heavy atom. The summed E-state index contributed by atoms with van der Waals surface area (Å²) in [6.07, 6.45) is 1.40. The first-order valence-electron chi connectivity index (χ1n) is 4.40. The third-order valence-corrected chi connectivity index (χ3v) is 2.22. The molecule has 0 aliphatic heterocycles. The molecule has 76 valence electrons. The highest BCUT2D eigenvalue weighted by Gasteiger charge is 2.18. The maximum absolute atomic E-state index is 11.3. The van der Waals surface area contributed by atoms with Crippen LogP contribution in [0.15, 0.2) is 0 Å². The van der Waals surface area contributed by atoms with Crippen LogP contribution in [0.5, 0.6) is 0 Å². The number of rotatable bonds is 3. The summed E-state index contributed by atoms with van der Waals surface area (Å²) in [5.41, 5.74) is 2.38. The fourth-order valence-corrected chi connectivity index (χ4v) is 1.53. The summed E-state index contributed by atoms with van der Waals surface area (Å²) in [5.74, 6) is -0.505. The van der Waals surface area contributed by atoms with Crippen molar-refractivity contribution in [1.82, 2.24) is 4.98 Å². The van der Waals surface area contributed by atoms with Gasteiger partial charge in [-0.3, -0.25) is 4.79 Å². The lowest BCUT2D eigenvalue weighted by Crippen LogP contribution is -2.05. The molecule has 0 bridgehead atoms.